The van der Waals surface area contributed by atoms with Crippen LogP contribution in [0.1, 0.15) is 56.2 Å². The molecular weight excluding hydrogens is 583 g/mol. The van der Waals surface area contributed by atoms with E-state index in [0.29, 0.717) is 66.9 Å². The van der Waals surface area contributed by atoms with Gasteiger partial charge in [0.25, 0.3) is 5.91 Å². The van der Waals surface area contributed by atoms with Crippen LogP contribution < -0.4 is 9.62 Å². The SMILES string of the molecule is CNC(=O)c1c(-c2ccc(F)cc2)oc2cc(N(CCOCCOCc3ccc(C(=O)OC)c(C)c3)SC)c(C3CC3)cc12. The van der Waals surface area contributed by atoms with Gasteiger partial charge in [-0.15, -0.1) is 0 Å². The minimum absolute atomic E-state index is 0.247. The summed E-state index contributed by atoms with van der Waals surface area (Å²) in [4.78, 5) is 24.8. The lowest BCUT2D eigenvalue weighted by molar-refractivity contribution is 0.0436. The molecule has 1 aliphatic carbocycles. The highest BCUT2D eigenvalue weighted by Crippen LogP contribution is 2.48. The normalized spacial score (nSPS) is 12.8. The number of halogens is 1. The summed E-state index contributed by atoms with van der Waals surface area (Å²) in [6.45, 7) is 4.34. The van der Waals surface area contributed by atoms with Gasteiger partial charge in [0.2, 0.25) is 0 Å². The summed E-state index contributed by atoms with van der Waals surface area (Å²) in [5.74, 6) is -0.101. The number of methoxy groups -OCH3 is 1. The second kappa shape index (κ2) is 14.3. The summed E-state index contributed by atoms with van der Waals surface area (Å²) in [7, 11) is 2.97. The summed E-state index contributed by atoms with van der Waals surface area (Å²) in [5, 5.41) is 3.48. The van der Waals surface area contributed by atoms with Crippen LogP contribution in [-0.4, -0.2) is 58.7 Å². The standard InChI is InChI=1S/C34H37FN2O6S/c1-21-17-22(5-12-26(21)34(39)40-3)20-42-16-15-41-14-13-37(44-4)29-19-30-28(18-27(29)23-6-7-23)31(33(38)36-2)32(43-30)24-8-10-25(35)11-9-24/h5,8-12,17-19,23H,6-7,13-16,20H2,1-4H3,(H,36,38). The molecule has 5 rings (SSSR count). The Morgan fingerprint density at radius 2 is 1.80 bits per heavy atom. The van der Waals surface area contributed by atoms with Gasteiger partial charge in [0.15, 0.2) is 0 Å². The van der Waals surface area contributed by atoms with Crippen LogP contribution in [0.5, 0.6) is 0 Å². The number of anilines is 1. The number of fused-ring (bicyclic) bond motifs is 1. The Kier molecular flexibility index (Phi) is 10.2. The van der Waals surface area contributed by atoms with E-state index in [2.05, 4.69) is 15.7 Å². The lowest BCUT2D eigenvalue weighted by Crippen LogP contribution is -2.22. The summed E-state index contributed by atoms with van der Waals surface area (Å²) in [5.41, 5.74) is 6.30. The van der Waals surface area contributed by atoms with E-state index >= 15 is 0 Å². The van der Waals surface area contributed by atoms with Crippen LogP contribution in [-0.2, 0) is 20.8 Å². The Morgan fingerprint density at radius 1 is 1.05 bits per heavy atom. The smallest absolute Gasteiger partial charge is 0.338 e. The third-order valence-corrected chi connectivity index (χ3v) is 8.50. The van der Waals surface area contributed by atoms with Crippen molar-refractivity contribution >= 4 is 40.5 Å². The number of rotatable bonds is 14. The van der Waals surface area contributed by atoms with E-state index in [1.807, 2.05) is 31.4 Å². The number of carbonyl (C=O) groups is 2. The van der Waals surface area contributed by atoms with Gasteiger partial charge in [-0.05, 0) is 78.8 Å². The van der Waals surface area contributed by atoms with Crippen LogP contribution >= 0.6 is 11.9 Å². The molecule has 0 bridgehead atoms. The molecule has 1 saturated carbocycles. The van der Waals surface area contributed by atoms with Crippen LogP contribution in [0.3, 0.4) is 0 Å². The molecule has 0 aliphatic heterocycles. The quantitative estimate of drug-likeness (QED) is 0.0927. The first-order chi connectivity index (χ1) is 21.3. The average molecular weight is 621 g/mol. The molecule has 1 N–H and O–H groups in total. The van der Waals surface area contributed by atoms with Gasteiger partial charge in [0, 0.05) is 30.3 Å². The van der Waals surface area contributed by atoms with Crippen molar-refractivity contribution < 1.29 is 32.6 Å². The highest BCUT2D eigenvalue weighted by atomic mass is 32.2. The second-order valence-corrected chi connectivity index (χ2v) is 11.5. The van der Waals surface area contributed by atoms with Crippen molar-refractivity contribution in [2.45, 2.75) is 32.3 Å². The number of ether oxygens (including phenoxy) is 3. The van der Waals surface area contributed by atoms with Gasteiger partial charge >= 0.3 is 5.97 Å². The molecule has 1 amide bonds. The van der Waals surface area contributed by atoms with Gasteiger partial charge in [-0.1, -0.05) is 24.1 Å². The Balaban J connectivity index is 1.24. The van der Waals surface area contributed by atoms with Crippen LogP contribution in [0.4, 0.5) is 10.1 Å². The van der Waals surface area contributed by atoms with Crippen LogP contribution in [0.25, 0.3) is 22.3 Å². The van der Waals surface area contributed by atoms with E-state index in [1.54, 1.807) is 37.2 Å². The zero-order valence-electron chi connectivity index (χ0n) is 25.4. The van der Waals surface area contributed by atoms with E-state index in [1.165, 1.54) is 24.8 Å². The molecule has 1 aliphatic rings. The number of benzene rings is 3. The number of hydrogen-bond donors (Lipinski definition) is 1. The van der Waals surface area contributed by atoms with Gasteiger partial charge in [-0.2, -0.15) is 0 Å². The predicted molar refractivity (Wildman–Crippen MR) is 171 cm³/mol. The van der Waals surface area contributed by atoms with Gasteiger partial charge in [-0.3, -0.25) is 4.79 Å². The molecular formula is C34H37FN2O6S. The topological polar surface area (TPSA) is 90.2 Å². The largest absolute Gasteiger partial charge is 0.465 e. The van der Waals surface area contributed by atoms with Gasteiger partial charge in [0.1, 0.15) is 17.2 Å². The number of nitrogens with zero attached hydrogens (tertiary/aromatic N) is 1. The minimum atomic E-state index is -0.351. The van der Waals surface area contributed by atoms with Crippen LogP contribution in [0.15, 0.2) is 59.0 Å². The fourth-order valence-corrected chi connectivity index (χ4v) is 5.88. The van der Waals surface area contributed by atoms with Crippen LogP contribution in [0.2, 0.25) is 0 Å². The van der Waals surface area contributed by atoms with Gasteiger partial charge in [0.05, 0.1) is 56.9 Å². The van der Waals surface area contributed by atoms with Gasteiger partial charge < -0.3 is 28.2 Å². The number of nitrogens with one attached hydrogen (secondary N) is 1. The maximum absolute atomic E-state index is 13.6. The number of furan rings is 1. The molecule has 1 fully saturated rings. The zero-order chi connectivity index (χ0) is 31.2. The molecule has 1 aromatic heterocycles. The Bertz CT molecular complexity index is 1630. The summed E-state index contributed by atoms with van der Waals surface area (Å²) in [6.07, 6.45) is 4.22. The maximum Gasteiger partial charge on any atom is 0.338 e. The van der Waals surface area contributed by atoms with Crippen LogP contribution in [0, 0.1) is 12.7 Å². The average Bonchev–Trinajstić information content (AvgIpc) is 3.82. The molecule has 10 heteroatoms. The number of carbonyl (C=O) groups excluding carboxylic acids is 2. The van der Waals surface area contributed by atoms with Crippen molar-refractivity contribution in [3.8, 4) is 11.3 Å². The van der Waals surface area contributed by atoms with E-state index in [9.17, 15) is 14.0 Å². The number of esters is 1. The lowest BCUT2D eigenvalue weighted by Gasteiger charge is -2.24. The van der Waals surface area contributed by atoms with Crippen molar-refractivity contribution in [3.63, 3.8) is 0 Å². The highest BCUT2D eigenvalue weighted by molar-refractivity contribution is 7.99. The van der Waals surface area contributed by atoms with Crippen molar-refractivity contribution in [1.29, 1.82) is 0 Å². The van der Waals surface area contributed by atoms with Crippen molar-refractivity contribution in [2.24, 2.45) is 0 Å². The van der Waals surface area contributed by atoms with E-state index in [0.717, 1.165) is 35.0 Å². The molecule has 3 aromatic carbocycles. The monoisotopic (exact) mass is 620 g/mol. The summed E-state index contributed by atoms with van der Waals surface area (Å²) in [6, 6.07) is 15.6. The molecule has 44 heavy (non-hydrogen) atoms. The summed E-state index contributed by atoms with van der Waals surface area (Å²) >= 11 is 1.61. The van der Waals surface area contributed by atoms with E-state index in [-0.39, 0.29) is 17.7 Å². The zero-order valence-corrected chi connectivity index (χ0v) is 26.2. The molecule has 0 spiro atoms. The van der Waals surface area contributed by atoms with E-state index < -0.39 is 0 Å². The molecule has 8 nitrogen and oxygen atoms in total. The maximum atomic E-state index is 13.6. The molecule has 232 valence electrons. The lowest BCUT2D eigenvalue weighted by atomic mass is 10.0. The predicted octanol–water partition coefficient (Wildman–Crippen LogP) is 6.89. The molecule has 4 aromatic rings. The Morgan fingerprint density at radius 3 is 2.45 bits per heavy atom. The molecule has 1 heterocycles. The summed E-state index contributed by atoms with van der Waals surface area (Å²) < 4.78 is 38.6. The Hall–Kier alpha value is -3.86. The van der Waals surface area contributed by atoms with Crippen molar-refractivity contribution in [1.82, 2.24) is 5.32 Å². The number of aryl methyl sites for hydroxylation is 1. The first kappa shape index (κ1) is 31.6. The molecule has 0 atom stereocenters. The fourth-order valence-electron chi connectivity index (χ4n) is 5.26. The third kappa shape index (κ3) is 7.09. The molecule has 0 radical (unpaired) electrons. The first-order valence-electron chi connectivity index (χ1n) is 14.6. The van der Waals surface area contributed by atoms with Crippen molar-refractivity contribution in [3.05, 3.63) is 88.2 Å². The van der Waals surface area contributed by atoms with Crippen molar-refractivity contribution in [2.75, 3.05) is 51.1 Å². The third-order valence-electron chi connectivity index (χ3n) is 7.68. The number of amides is 1. The van der Waals surface area contributed by atoms with Gasteiger partial charge in [-0.25, -0.2) is 9.18 Å². The highest BCUT2D eigenvalue weighted by Gasteiger charge is 2.31. The molecule has 0 saturated heterocycles. The fraction of sp³-hybridized carbons (Fsp3) is 0.353. The number of hydrogen-bond acceptors (Lipinski definition) is 8. The molecule has 0 unspecified atom stereocenters. The van der Waals surface area contributed by atoms with E-state index in [4.69, 9.17) is 18.6 Å². The Labute approximate surface area is 261 Å². The minimum Gasteiger partial charge on any atom is -0.465 e. The second-order valence-electron chi connectivity index (χ2n) is 10.7. The first-order valence-corrected chi connectivity index (χ1v) is 15.8.